The molecule has 0 spiro atoms. The summed E-state index contributed by atoms with van der Waals surface area (Å²) in [6.07, 6.45) is 0.831. The zero-order valence-corrected chi connectivity index (χ0v) is 16.0. The first-order valence-electron chi connectivity index (χ1n) is 9.38. The number of amides is 3. The van der Waals surface area contributed by atoms with Crippen molar-refractivity contribution in [3.63, 3.8) is 0 Å². The van der Waals surface area contributed by atoms with Gasteiger partial charge in [0.25, 0.3) is 0 Å². The molecule has 0 aromatic heterocycles. The number of carbonyl (C=O) groups is 2. The van der Waals surface area contributed by atoms with Crippen LogP contribution in [-0.2, 0) is 17.8 Å². The van der Waals surface area contributed by atoms with Crippen molar-refractivity contribution in [3.05, 3.63) is 47.5 Å². The van der Waals surface area contributed by atoms with Crippen LogP contribution in [-0.4, -0.2) is 30.2 Å². The molecule has 0 radical (unpaired) electrons. The normalized spacial score (nSPS) is 14.6. The molecule has 2 heterocycles. The highest BCUT2D eigenvalue weighted by Gasteiger charge is 2.23. The summed E-state index contributed by atoms with van der Waals surface area (Å²) in [5.74, 6) is 1.42. The molecular formula is C21H23N3O4. The average molecular weight is 381 g/mol. The zero-order chi connectivity index (χ0) is 19.7. The molecule has 2 aliphatic rings. The van der Waals surface area contributed by atoms with Crippen LogP contribution in [0, 0.1) is 5.92 Å². The van der Waals surface area contributed by atoms with Crippen LogP contribution in [0.1, 0.15) is 25.0 Å². The van der Waals surface area contributed by atoms with Crippen LogP contribution in [0.2, 0.25) is 0 Å². The number of fused-ring (bicyclic) bond motifs is 2. The highest BCUT2D eigenvalue weighted by molar-refractivity contribution is 6.00. The topological polar surface area (TPSA) is 79.9 Å². The molecule has 7 heteroatoms. The molecule has 0 aliphatic carbocycles. The number of carbonyl (C=O) groups excluding carboxylic acids is 2. The van der Waals surface area contributed by atoms with Gasteiger partial charge in [0.05, 0.1) is 0 Å². The predicted molar refractivity (Wildman–Crippen MR) is 106 cm³/mol. The highest BCUT2D eigenvalue weighted by Crippen LogP contribution is 2.34. The van der Waals surface area contributed by atoms with Gasteiger partial charge in [-0.2, -0.15) is 0 Å². The molecule has 2 aliphatic heterocycles. The summed E-state index contributed by atoms with van der Waals surface area (Å²) >= 11 is 0. The average Bonchev–Trinajstić information content (AvgIpc) is 3.14. The molecule has 4 rings (SSSR count). The Bertz CT molecular complexity index is 926. The van der Waals surface area contributed by atoms with E-state index in [0.717, 1.165) is 18.5 Å². The number of hydrogen-bond acceptors (Lipinski definition) is 4. The monoisotopic (exact) mass is 381 g/mol. The summed E-state index contributed by atoms with van der Waals surface area (Å²) in [4.78, 5) is 26.5. The van der Waals surface area contributed by atoms with Crippen molar-refractivity contribution in [2.45, 2.75) is 26.8 Å². The lowest BCUT2D eigenvalue weighted by Gasteiger charge is -2.30. The summed E-state index contributed by atoms with van der Waals surface area (Å²) in [5.41, 5.74) is 3.60. The van der Waals surface area contributed by atoms with Crippen molar-refractivity contribution in [1.29, 1.82) is 0 Å². The largest absolute Gasteiger partial charge is 0.454 e. The second-order valence-electron chi connectivity index (χ2n) is 7.30. The molecule has 146 valence electrons. The Morgan fingerprint density at radius 2 is 1.68 bits per heavy atom. The van der Waals surface area contributed by atoms with Gasteiger partial charge in [0.15, 0.2) is 11.5 Å². The maximum absolute atomic E-state index is 12.4. The molecule has 0 atom stereocenters. The summed E-state index contributed by atoms with van der Waals surface area (Å²) in [6.45, 7) is 5.33. The molecule has 0 bridgehead atoms. The highest BCUT2D eigenvalue weighted by atomic mass is 16.7. The summed E-state index contributed by atoms with van der Waals surface area (Å²) in [6, 6.07) is 10.7. The third-order valence-electron chi connectivity index (χ3n) is 4.91. The Morgan fingerprint density at radius 1 is 0.964 bits per heavy atom. The molecule has 28 heavy (non-hydrogen) atoms. The van der Waals surface area contributed by atoms with E-state index in [1.54, 1.807) is 18.2 Å². The molecular weight excluding hydrogens is 358 g/mol. The van der Waals surface area contributed by atoms with E-state index in [2.05, 4.69) is 10.6 Å². The second-order valence-corrected chi connectivity index (χ2v) is 7.30. The van der Waals surface area contributed by atoms with Gasteiger partial charge in [-0.05, 0) is 41.8 Å². The van der Waals surface area contributed by atoms with Crippen molar-refractivity contribution in [1.82, 2.24) is 4.90 Å². The fourth-order valence-corrected chi connectivity index (χ4v) is 3.46. The van der Waals surface area contributed by atoms with E-state index >= 15 is 0 Å². The fourth-order valence-electron chi connectivity index (χ4n) is 3.46. The first-order chi connectivity index (χ1) is 13.5. The third-order valence-corrected chi connectivity index (χ3v) is 4.91. The number of hydrogen-bond donors (Lipinski definition) is 2. The standard InChI is InChI=1S/C21H23N3O4/c1-13(2)20(25)24-8-7-14-3-4-16(9-15(14)11-24)22-21(26)23-17-5-6-18-19(10-17)28-12-27-18/h3-6,9-10,13H,7-8,11-12H2,1-2H3,(H2,22,23,26). The minimum absolute atomic E-state index is 0.0182. The van der Waals surface area contributed by atoms with Crippen LogP contribution in [0.3, 0.4) is 0 Å². The first-order valence-corrected chi connectivity index (χ1v) is 9.38. The lowest BCUT2D eigenvalue weighted by atomic mass is 9.98. The van der Waals surface area contributed by atoms with Crippen LogP contribution in [0.5, 0.6) is 11.5 Å². The molecule has 7 nitrogen and oxygen atoms in total. The molecule has 2 aromatic carbocycles. The van der Waals surface area contributed by atoms with E-state index in [1.165, 1.54) is 5.56 Å². The summed E-state index contributed by atoms with van der Waals surface area (Å²) < 4.78 is 10.6. The van der Waals surface area contributed by atoms with Crippen LogP contribution in [0.25, 0.3) is 0 Å². The summed E-state index contributed by atoms with van der Waals surface area (Å²) in [7, 11) is 0. The minimum atomic E-state index is -0.343. The van der Waals surface area contributed by atoms with Crippen LogP contribution >= 0.6 is 0 Å². The van der Waals surface area contributed by atoms with Crippen molar-refractivity contribution in [2.75, 3.05) is 24.0 Å². The number of anilines is 2. The molecule has 3 amide bonds. The van der Waals surface area contributed by atoms with Gasteiger partial charge in [-0.3, -0.25) is 4.79 Å². The molecule has 2 N–H and O–H groups in total. The van der Waals surface area contributed by atoms with E-state index in [0.29, 0.717) is 29.4 Å². The number of nitrogens with zero attached hydrogens (tertiary/aromatic N) is 1. The Kier molecular flexibility index (Phi) is 4.81. The minimum Gasteiger partial charge on any atom is -0.454 e. The number of benzene rings is 2. The van der Waals surface area contributed by atoms with E-state index < -0.39 is 0 Å². The molecule has 0 unspecified atom stereocenters. The lowest BCUT2D eigenvalue weighted by Crippen LogP contribution is -2.38. The number of urea groups is 1. The van der Waals surface area contributed by atoms with E-state index in [4.69, 9.17) is 9.47 Å². The Balaban J connectivity index is 1.42. The van der Waals surface area contributed by atoms with Crippen LogP contribution < -0.4 is 20.1 Å². The first kappa shape index (κ1) is 18.2. The molecule has 2 aromatic rings. The van der Waals surface area contributed by atoms with Gasteiger partial charge in [-0.15, -0.1) is 0 Å². The van der Waals surface area contributed by atoms with Gasteiger partial charge >= 0.3 is 6.03 Å². The maximum Gasteiger partial charge on any atom is 0.323 e. The Morgan fingerprint density at radius 3 is 2.46 bits per heavy atom. The smallest absolute Gasteiger partial charge is 0.323 e. The molecule has 0 fully saturated rings. The Hall–Kier alpha value is -3.22. The van der Waals surface area contributed by atoms with Gasteiger partial charge in [0, 0.05) is 36.4 Å². The zero-order valence-electron chi connectivity index (χ0n) is 16.0. The van der Waals surface area contributed by atoms with E-state index in [9.17, 15) is 9.59 Å². The van der Waals surface area contributed by atoms with Gasteiger partial charge in [-0.25, -0.2) is 4.79 Å². The Labute approximate surface area is 163 Å². The van der Waals surface area contributed by atoms with Gasteiger partial charge in [0.1, 0.15) is 0 Å². The second kappa shape index (κ2) is 7.42. The predicted octanol–water partition coefficient (Wildman–Crippen LogP) is 3.60. The lowest BCUT2D eigenvalue weighted by molar-refractivity contribution is -0.135. The third kappa shape index (κ3) is 3.74. The number of rotatable bonds is 3. The van der Waals surface area contributed by atoms with Gasteiger partial charge < -0.3 is 25.0 Å². The van der Waals surface area contributed by atoms with E-state index in [1.807, 2.05) is 36.9 Å². The fraction of sp³-hybridized carbons (Fsp3) is 0.333. The van der Waals surface area contributed by atoms with Gasteiger partial charge in [-0.1, -0.05) is 19.9 Å². The van der Waals surface area contributed by atoms with Crippen molar-refractivity contribution < 1.29 is 19.1 Å². The van der Waals surface area contributed by atoms with Crippen molar-refractivity contribution in [2.24, 2.45) is 5.92 Å². The quantitative estimate of drug-likeness (QED) is 0.851. The van der Waals surface area contributed by atoms with Gasteiger partial charge in [0.2, 0.25) is 12.7 Å². The van der Waals surface area contributed by atoms with E-state index in [-0.39, 0.29) is 24.6 Å². The maximum atomic E-state index is 12.4. The van der Waals surface area contributed by atoms with Crippen LogP contribution in [0.15, 0.2) is 36.4 Å². The SMILES string of the molecule is CC(C)C(=O)N1CCc2ccc(NC(=O)Nc3ccc4c(c3)OCO4)cc2C1. The van der Waals surface area contributed by atoms with Crippen molar-refractivity contribution in [3.8, 4) is 11.5 Å². The number of nitrogens with one attached hydrogen (secondary N) is 2. The molecule has 0 saturated carbocycles. The number of ether oxygens (including phenoxy) is 2. The van der Waals surface area contributed by atoms with Crippen LogP contribution in [0.4, 0.5) is 16.2 Å². The van der Waals surface area contributed by atoms with Crippen molar-refractivity contribution >= 4 is 23.3 Å². The molecule has 0 saturated heterocycles. The summed E-state index contributed by atoms with van der Waals surface area (Å²) in [5, 5.41) is 5.64.